The molecule has 0 saturated heterocycles. The first-order valence-corrected chi connectivity index (χ1v) is 8.00. The fourth-order valence-electron chi connectivity index (χ4n) is 1.93. The third-order valence-corrected chi connectivity index (χ3v) is 4.60. The lowest BCUT2D eigenvalue weighted by atomic mass is 10.1. The van der Waals surface area contributed by atoms with Crippen molar-refractivity contribution in [3.05, 3.63) is 48.7 Å². The molecule has 116 valence electrons. The molecule has 0 bridgehead atoms. The van der Waals surface area contributed by atoms with Crippen LogP contribution >= 0.6 is 11.8 Å². The van der Waals surface area contributed by atoms with Crippen molar-refractivity contribution in [2.45, 2.75) is 24.1 Å². The Kier molecular flexibility index (Phi) is 5.83. The molecule has 1 unspecified atom stereocenters. The summed E-state index contributed by atoms with van der Waals surface area (Å²) >= 11 is 1.48. The summed E-state index contributed by atoms with van der Waals surface area (Å²) in [5.74, 6) is 0.947. The molecule has 1 aromatic carbocycles. The van der Waals surface area contributed by atoms with E-state index in [0.717, 1.165) is 16.5 Å². The second kappa shape index (κ2) is 7.84. The molecule has 0 aliphatic rings. The van der Waals surface area contributed by atoms with Gasteiger partial charge in [0.15, 0.2) is 0 Å². The summed E-state index contributed by atoms with van der Waals surface area (Å²) in [6, 6.07) is 13.0. The number of hydrogen-bond acceptors (Lipinski definition) is 4. The van der Waals surface area contributed by atoms with Gasteiger partial charge >= 0.3 is 0 Å². The van der Waals surface area contributed by atoms with E-state index in [1.165, 1.54) is 11.8 Å². The van der Waals surface area contributed by atoms with E-state index in [-0.39, 0.29) is 17.1 Å². The molecule has 1 amide bonds. The number of nitrogens with one attached hydrogen (secondary N) is 1. The van der Waals surface area contributed by atoms with Crippen LogP contribution in [0.25, 0.3) is 0 Å². The molecule has 2 aromatic rings. The number of ether oxygens (including phenoxy) is 1. The highest BCUT2D eigenvalue weighted by Gasteiger charge is 2.24. The topological polar surface area (TPSA) is 51.2 Å². The molecule has 0 fully saturated rings. The predicted octanol–water partition coefficient (Wildman–Crippen LogP) is 3.85. The minimum Gasteiger partial charge on any atom is -0.497 e. The summed E-state index contributed by atoms with van der Waals surface area (Å²) in [6.45, 7) is 4.07. The van der Waals surface area contributed by atoms with Gasteiger partial charge in [0.05, 0.1) is 17.4 Å². The maximum Gasteiger partial charge on any atom is 0.238 e. The van der Waals surface area contributed by atoms with Crippen molar-refractivity contribution < 1.29 is 9.53 Å². The van der Waals surface area contributed by atoms with Crippen LogP contribution < -0.4 is 10.1 Å². The molecule has 22 heavy (non-hydrogen) atoms. The van der Waals surface area contributed by atoms with Crippen molar-refractivity contribution in [3.63, 3.8) is 0 Å². The maximum absolute atomic E-state index is 12.5. The standard InChI is InChI=1S/C17H20N2O2S/c1-12(2)16(22-15-6-4-5-11-18-15)17(20)19-13-7-9-14(21-3)10-8-13/h4-12,16H,1-3H3,(H,19,20). The Bertz CT molecular complexity index is 600. The van der Waals surface area contributed by atoms with Crippen LogP contribution in [0.1, 0.15) is 13.8 Å². The molecule has 1 N–H and O–H groups in total. The van der Waals surface area contributed by atoms with Crippen molar-refractivity contribution in [3.8, 4) is 5.75 Å². The van der Waals surface area contributed by atoms with Crippen LogP contribution in [0.2, 0.25) is 0 Å². The van der Waals surface area contributed by atoms with E-state index in [9.17, 15) is 4.79 Å². The molecule has 0 saturated carbocycles. The van der Waals surface area contributed by atoms with Crippen LogP contribution in [0.4, 0.5) is 5.69 Å². The minimum atomic E-state index is -0.197. The summed E-state index contributed by atoms with van der Waals surface area (Å²) in [5.41, 5.74) is 0.762. The van der Waals surface area contributed by atoms with Crippen LogP contribution in [0, 0.1) is 5.92 Å². The number of carbonyl (C=O) groups excluding carboxylic acids is 1. The number of hydrogen-bond donors (Lipinski definition) is 1. The first-order chi connectivity index (χ1) is 10.6. The number of benzene rings is 1. The Morgan fingerprint density at radius 3 is 2.45 bits per heavy atom. The van der Waals surface area contributed by atoms with Gasteiger partial charge in [0.1, 0.15) is 5.75 Å². The molecule has 1 heterocycles. The lowest BCUT2D eigenvalue weighted by Gasteiger charge is -2.19. The van der Waals surface area contributed by atoms with Gasteiger partial charge in [-0.2, -0.15) is 0 Å². The van der Waals surface area contributed by atoms with Gasteiger partial charge in [-0.3, -0.25) is 4.79 Å². The summed E-state index contributed by atoms with van der Waals surface area (Å²) in [5, 5.41) is 3.61. The first-order valence-electron chi connectivity index (χ1n) is 7.12. The smallest absolute Gasteiger partial charge is 0.238 e. The molecular formula is C17H20N2O2S. The second-order valence-electron chi connectivity index (χ2n) is 5.17. The molecule has 5 heteroatoms. The van der Waals surface area contributed by atoms with Crippen molar-refractivity contribution in [1.29, 1.82) is 0 Å². The normalized spacial score (nSPS) is 12.0. The SMILES string of the molecule is COc1ccc(NC(=O)C(Sc2ccccn2)C(C)C)cc1. The van der Waals surface area contributed by atoms with Crippen LogP contribution in [-0.4, -0.2) is 23.3 Å². The number of thioether (sulfide) groups is 1. The van der Waals surface area contributed by atoms with Gasteiger partial charge < -0.3 is 10.1 Å². The fraction of sp³-hybridized carbons (Fsp3) is 0.294. The van der Waals surface area contributed by atoms with Crippen molar-refractivity contribution in [2.75, 3.05) is 12.4 Å². The summed E-state index contributed by atoms with van der Waals surface area (Å²) in [6.07, 6.45) is 1.74. The number of pyridine rings is 1. The monoisotopic (exact) mass is 316 g/mol. The lowest BCUT2D eigenvalue weighted by molar-refractivity contribution is -0.116. The van der Waals surface area contributed by atoms with E-state index in [1.807, 2.05) is 56.3 Å². The number of aromatic nitrogens is 1. The van der Waals surface area contributed by atoms with Gasteiger partial charge in [0.25, 0.3) is 0 Å². The van der Waals surface area contributed by atoms with E-state index < -0.39 is 0 Å². The van der Waals surface area contributed by atoms with Crippen molar-refractivity contribution >= 4 is 23.4 Å². The van der Waals surface area contributed by atoms with Gasteiger partial charge in [-0.25, -0.2) is 4.98 Å². The van der Waals surface area contributed by atoms with Crippen molar-refractivity contribution in [2.24, 2.45) is 5.92 Å². The predicted molar refractivity (Wildman–Crippen MR) is 90.3 cm³/mol. The summed E-state index contributed by atoms with van der Waals surface area (Å²) < 4.78 is 5.11. The highest BCUT2D eigenvalue weighted by molar-refractivity contribution is 8.00. The van der Waals surface area contributed by atoms with Crippen LogP contribution in [0.15, 0.2) is 53.7 Å². The number of anilines is 1. The second-order valence-corrected chi connectivity index (χ2v) is 6.33. The number of rotatable bonds is 6. The minimum absolute atomic E-state index is 0.0178. The lowest BCUT2D eigenvalue weighted by Crippen LogP contribution is -2.29. The first kappa shape index (κ1) is 16.4. The molecule has 2 rings (SSSR count). The third kappa shape index (κ3) is 4.49. The van der Waals surface area contributed by atoms with Gasteiger partial charge in [-0.05, 0) is 42.3 Å². The Balaban J connectivity index is 2.05. The Labute approximate surface area is 135 Å². The molecule has 0 radical (unpaired) electrons. The maximum atomic E-state index is 12.5. The van der Waals surface area contributed by atoms with Crippen molar-refractivity contribution in [1.82, 2.24) is 4.98 Å². The zero-order chi connectivity index (χ0) is 15.9. The quantitative estimate of drug-likeness (QED) is 0.823. The highest BCUT2D eigenvalue weighted by atomic mass is 32.2. The summed E-state index contributed by atoms with van der Waals surface area (Å²) in [4.78, 5) is 16.8. The number of carbonyl (C=O) groups is 1. The fourth-order valence-corrected chi connectivity index (χ4v) is 2.90. The van der Waals surface area contributed by atoms with Crippen LogP contribution in [0.5, 0.6) is 5.75 Å². The van der Waals surface area contributed by atoms with Crippen LogP contribution in [0.3, 0.4) is 0 Å². The zero-order valence-electron chi connectivity index (χ0n) is 12.9. The van der Waals surface area contributed by atoms with Gasteiger partial charge in [-0.1, -0.05) is 31.7 Å². The zero-order valence-corrected chi connectivity index (χ0v) is 13.8. The average molecular weight is 316 g/mol. The molecule has 0 spiro atoms. The third-order valence-electron chi connectivity index (χ3n) is 3.11. The van der Waals surface area contributed by atoms with Gasteiger partial charge in [-0.15, -0.1) is 0 Å². The van der Waals surface area contributed by atoms with E-state index >= 15 is 0 Å². The molecule has 1 aromatic heterocycles. The number of methoxy groups -OCH3 is 1. The molecule has 0 aliphatic carbocycles. The highest BCUT2D eigenvalue weighted by Crippen LogP contribution is 2.27. The van der Waals surface area contributed by atoms with E-state index in [1.54, 1.807) is 13.3 Å². The van der Waals surface area contributed by atoms with Gasteiger partial charge in [0, 0.05) is 11.9 Å². The largest absolute Gasteiger partial charge is 0.497 e. The van der Waals surface area contributed by atoms with E-state index in [4.69, 9.17) is 4.74 Å². The Morgan fingerprint density at radius 1 is 1.18 bits per heavy atom. The molecular weight excluding hydrogens is 296 g/mol. The van der Waals surface area contributed by atoms with Crippen LogP contribution in [-0.2, 0) is 4.79 Å². The number of amides is 1. The van der Waals surface area contributed by atoms with E-state index in [0.29, 0.717) is 0 Å². The molecule has 0 aliphatic heterocycles. The van der Waals surface area contributed by atoms with Gasteiger partial charge in [0.2, 0.25) is 5.91 Å². The Morgan fingerprint density at radius 2 is 1.91 bits per heavy atom. The van der Waals surface area contributed by atoms with E-state index in [2.05, 4.69) is 10.3 Å². The average Bonchev–Trinajstić information content (AvgIpc) is 2.54. The molecule has 4 nitrogen and oxygen atoms in total. The summed E-state index contributed by atoms with van der Waals surface area (Å²) in [7, 11) is 1.62. The number of nitrogens with zero attached hydrogens (tertiary/aromatic N) is 1. The molecule has 1 atom stereocenters. The Hall–Kier alpha value is -2.01.